The predicted octanol–water partition coefficient (Wildman–Crippen LogP) is -0.396. The Morgan fingerprint density at radius 3 is 2.41 bits per heavy atom. The summed E-state index contributed by atoms with van der Waals surface area (Å²) in [5.74, 6) is -0.287. The van der Waals surface area contributed by atoms with Crippen molar-refractivity contribution in [3.8, 4) is 0 Å². The molecule has 9 nitrogen and oxygen atoms in total. The second kappa shape index (κ2) is 11.2. The van der Waals surface area contributed by atoms with E-state index in [0.717, 1.165) is 10.7 Å². The van der Waals surface area contributed by atoms with E-state index < -0.39 is 10.0 Å². The second-order valence-corrected chi connectivity index (χ2v) is 8.97. The van der Waals surface area contributed by atoms with Gasteiger partial charge in [-0.15, -0.1) is 0 Å². The number of likely N-dealkylation sites (N-methyl/N-ethyl adjacent to an activating group) is 1. The quantitative estimate of drug-likeness (QED) is 0.512. The maximum atomic E-state index is 12.5. The van der Waals surface area contributed by atoms with E-state index in [1.807, 2.05) is 4.90 Å². The number of rotatable bonds is 10. The molecule has 1 N–H and O–H groups in total. The third kappa shape index (κ3) is 7.07. The van der Waals surface area contributed by atoms with Crippen LogP contribution in [-0.4, -0.2) is 101 Å². The highest BCUT2D eigenvalue weighted by molar-refractivity contribution is 7.89. The number of nitrogens with zero attached hydrogens (tertiary/aromatic N) is 3. The van der Waals surface area contributed by atoms with Crippen LogP contribution in [0.1, 0.15) is 6.42 Å². The van der Waals surface area contributed by atoms with Gasteiger partial charge in [-0.3, -0.25) is 14.5 Å². The third-order valence-electron chi connectivity index (χ3n) is 4.75. The van der Waals surface area contributed by atoms with Crippen molar-refractivity contribution in [3.63, 3.8) is 0 Å². The van der Waals surface area contributed by atoms with Gasteiger partial charge in [0, 0.05) is 53.5 Å². The van der Waals surface area contributed by atoms with Gasteiger partial charge in [0.15, 0.2) is 0 Å². The number of carbonyl (C=O) groups excluding carboxylic acids is 2. The largest absolute Gasteiger partial charge is 0.385 e. The fourth-order valence-electron chi connectivity index (χ4n) is 3.01. The Bertz CT molecular complexity index is 764. The van der Waals surface area contributed by atoms with Crippen molar-refractivity contribution in [2.75, 3.05) is 66.6 Å². The second-order valence-electron chi connectivity index (χ2n) is 6.93. The van der Waals surface area contributed by atoms with Crippen molar-refractivity contribution in [3.05, 3.63) is 30.3 Å². The number of sulfonamides is 1. The summed E-state index contributed by atoms with van der Waals surface area (Å²) in [5, 5.41) is 2.84. The molecule has 0 unspecified atom stereocenters. The van der Waals surface area contributed by atoms with Crippen molar-refractivity contribution < 1.29 is 22.7 Å². The molecule has 162 valence electrons. The monoisotopic (exact) mass is 426 g/mol. The predicted molar refractivity (Wildman–Crippen MR) is 109 cm³/mol. The molecule has 0 aliphatic carbocycles. The summed E-state index contributed by atoms with van der Waals surface area (Å²) in [7, 11) is -0.669. The Kier molecular flexibility index (Phi) is 9.02. The van der Waals surface area contributed by atoms with Crippen molar-refractivity contribution in [2.24, 2.45) is 0 Å². The number of amides is 2. The number of methoxy groups -OCH3 is 1. The molecule has 1 saturated heterocycles. The van der Waals surface area contributed by atoms with Gasteiger partial charge in [0.05, 0.1) is 18.0 Å². The molecule has 0 radical (unpaired) electrons. The topological polar surface area (TPSA) is 99.3 Å². The Morgan fingerprint density at radius 2 is 1.79 bits per heavy atom. The van der Waals surface area contributed by atoms with Crippen molar-refractivity contribution in [1.82, 2.24) is 19.4 Å². The molecule has 1 aromatic rings. The van der Waals surface area contributed by atoms with Gasteiger partial charge in [-0.25, -0.2) is 8.42 Å². The molecule has 0 aromatic heterocycles. The number of nitrogens with one attached hydrogen (secondary N) is 1. The highest BCUT2D eigenvalue weighted by atomic mass is 32.2. The maximum absolute atomic E-state index is 12.5. The standard InChI is InChI=1S/C19H30N4O5S/c1-21(29(26,27)17-7-4-3-5-8-17)16-19(25)23-12-10-22(11-13-23)15-18(24)20-9-6-14-28-2/h3-5,7-8H,6,9-16H2,1-2H3,(H,20,24). The molecule has 0 saturated carbocycles. The molecule has 1 heterocycles. The number of benzene rings is 1. The molecule has 0 bridgehead atoms. The van der Waals surface area contributed by atoms with Gasteiger partial charge >= 0.3 is 0 Å². The van der Waals surface area contributed by atoms with Crippen LogP contribution in [0, 0.1) is 0 Å². The maximum Gasteiger partial charge on any atom is 0.243 e. The summed E-state index contributed by atoms with van der Waals surface area (Å²) in [4.78, 5) is 28.3. The first-order chi connectivity index (χ1) is 13.8. The lowest BCUT2D eigenvalue weighted by atomic mass is 10.3. The zero-order valence-electron chi connectivity index (χ0n) is 17.0. The Morgan fingerprint density at radius 1 is 1.14 bits per heavy atom. The van der Waals surface area contributed by atoms with E-state index in [1.54, 1.807) is 30.2 Å². The average Bonchev–Trinajstić information content (AvgIpc) is 2.72. The average molecular weight is 427 g/mol. The fraction of sp³-hybridized carbons (Fsp3) is 0.579. The van der Waals surface area contributed by atoms with Crippen molar-refractivity contribution in [2.45, 2.75) is 11.3 Å². The van der Waals surface area contributed by atoms with Gasteiger partial charge in [0.1, 0.15) is 0 Å². The van der Waals surface area contributed by atoms with Crippen LogP contribution in [0.25, 0.3) is 0 Å². The van der Waals surface area contributed by atoms with Gasteiger partial charge in [0.2, 0.25) is 21.8 Å². The Hall–Kier alpha value is -2.01. The summed E-state index contributed by atoms with van der Waals surface area (Å²) >= 11 is 0. The van der Waals surface area contributed by atoms with Crippen LogP contribution in [0.2, 0.25) is 0 Å². The van der Waals surface area contributed by atoms with E-state index in [9.17, 15) is 18.0 Å². The summed E-state index contributed by atoms with van der Waals surface area (Å²) in [5.41, 5.74) is 0. The van der Waals surface area contributed by atoms with Crippen molar-refractivity contribution >= 4 is 21.8 Å². The molecule has 1 aliphatic rings. The van der Waals surface area contributed by atoms with E-state index in [4.69, 9.17) is 4.74 Å². The Balaban J connectivity index is 1.76. The third-order valence-corrected chi connectivity index (χ3v) is 6.57. The molecule has 2 rings (SSSR count). The summed E-state index contributed by atoms with van der Waals surface area (Å²) in [6.07, 6.45) is 0.768. The molecule has 0 atom stereocenters. The molecular weight excluding hydrogens is 396 g/mol. The number of piperazine rings is 1. The van der Waals surface area contributed by atoms with Crippen LogP contribution >= 0.6 is 0 Å². The first-order valence-electron chi connectivity index (χ1n) is 9.61. The molecule has 0 spiro atoms. The molecular formula is C19H30N4O5S. The molecule has 2 amide bonds. The van der Waals surface area contributed by atoms with E-state index in [1.165, 1.54) is 19.2 Å². The highest BCUT2D eigenvalue weighted by Crippen LogP contribution is 2.14. The fourth-order valence-corrected chi connectivity index (χ4v) is 4.15. The molecule has 1 aromatic carbocycles. The summed E-state index contributed by atoms with van der Waals surface area (Å²) in [6.45, 7) is 3.35. The number of ether oxygens (including phenoxy) is 1. The van der Waals surface area contributed by atoms with Crippen LogP contribution < -0.4 is 5.32 Å². The van der Waals surface area contributed by atoms with E-state index in [2.05, 4.69) is 5.32 Å². The van der Waals surface area contributed by atoms with E-state index in [-0.39, 0.29) is 29.8 Å². The lowest BCUT2D eigenvalue weighted by Gasteiger charge is -2.35. The van der Waals surface area contributed by atoms with Crippen LogP contribution in [0.5, 0.6) is 0 Å². The smallest absolute Gasteiger partial charge is 0.243 e. The van der Waals surface area contributed by atoms with Gasteiger partial charge < -0.3 is 15.0 Å². The lowest BCUT2D eigenvalue weighted by Crippen LogP contribution is -2.53. The first kappa shape index (κ1) is 23.3. The zero-order valence-corrected chi connectivity index (χ0v) is 17.9. The van der Waals surface area contributed by atoms with Crippen LogP contribution in [0.3, 0.4) is 0 Å². The number of carbonyl (C=O) groups is 2. The summed E-state index contributed by atoms with van der Waals surface area (Å²) < 4.78 is 31.1. The summed E-state index contributed by atoms with van der Waals surface area (Å²) in [6, 6.07) is 8.05. The van der Waals surface area contributed by atoms with Gasteiger partial charge in [-0.05, 0) is 18.6 Å². The minimum absolute atomic E-state index is 0.0467. The van der Waals surface area contributed by atoms with Crippen LogP contribution in [-0.2, 0) is 24.3 Å². The molecule has 1 aliphatic heterocycles. The highest BCUT2D eigenvalue weighted by Gasteiger charge is 2.27. The van der Waals surface area contributed by atoms with E-state index >= 15 is 0 Å². The first-order valence-corrected chi connectivity index (χ1v) is 11.1. The normalized spacial score (nSPS) is 15.5. The van der Waals surface area contributed by atoms with Gasteiger partial charge in [-0.1, -0.05) is 18.2 Å². The molecule has 29 heavy (non-hydrogen) atoms. The Labute approximate surface area is 172 Å². The van der Waals surface area contributed by atoms with Gasteiger partial charge in [0.25, 0.3) is 0 Å². The minimum atomic E-state index is -3.70. The minimum Gasteiger partial charge on any atom is -0.385 e. The number of hydrogen-bond donors (Lipinski definition) is 1. The SMILES string of the molecule is COCCCNC(=O)CN1CCN(C(=O)CN(C)S(=O)(=O)c2ccccc2)CC1. The number of hydrogen-bond acceptors (Lipinski definition) is 6. The van der Waals surface area contributed by atoms with Gasteiger partial charge in [-0.2, -0.15) is 4.31 Å². The van der Waals surface area contributed by atoms with Crippen molar-refractivity contribution in [1.29, 1.82) is 0 Å². The van der Waals surface area contributed by atoms with E-state index in [0.29, 0.717) is 39.3 Å². The van der Waals surface area contributed by atoms with Crippen LogP contribution in [0.15, 0.2) is 35.2 Å². The zero-order chi connectivity index (χ0) is 21.3. The van der Waals surface area contributed by atoms with Crippen LogP contribution in [0.4, 0.5) is 0 Å². The molecule has 1 fully saturated rings. The molecule has 10 heteroatoms. The lowest BCUT2D eigenvalue weighted by molar-refractivity contribution is -0.133.